The van der Waals surface area contributed by atoms with E-state index in [0.717, 1.165) is 5.69 Å². The third-order valence-electron chi connectivity index (χ3n) is 2.81. The van der Waals surface area contributed by atoms with Crippen LogP contribution in [0.5, 0.6) is 5.75 Å². The van der Waals surface area contributed by atoms with Crippen LogP contribution in [-0.2, 0) is 11.8 Å². The van der Waals surface area contributed by atoms with Gasteiger partial charge in [-0.05, 0) is 18.2 Å². The quantitative estimate of drug-likeness (QED) is 0.860. The molecule has 21 heavy (non-hydrogen) atoms. The zero-order valence-corrected chi connectivity index (χ0v) is 12.6. The summed E-state index contributed by atoms with van der Waals surface area (Å²) in [6, 6.07) is 7.03. The van der Waals surface area contributed by atoms with Gasteiger partial charge in [0.2, 0.25) is 5.91 Å². The van der Waals surface area contributed by atoms with Gasteiger partial charge in [0.1, 0.15) is 5.75 Å². The molecule has 0 aliphatic rings. The maximum Gasteiger partial charge on any atom is 0.227 e. The van der Waals surface area contributed by atoms with Crippen molar-refractivity contribution in [1.82, 2.24) is 9.78 Å². The summed E-state index contributed by atoms with van der Waals surface area (Å²) in [4.78, 5) is 11.8. The Morgan fingerprint density at radius 2 is 2.24 bits per heavy atom. The number of hydrogen-bond donors (Lipinski definition) is 2. The Morgan fingerprint density at radius 3 is 2.90 bits per heavy atom. The number of ether oxygens (including phenoxy) is 1. The Labute approximate surface area is 128 Å². The first kappa shape index (κ1) is 15.2. The van der Waals surface area contributed by atoms with Crippen LogP contribution in [-0.4, -0.2) is 29.3 Å². The van der Waals surface area contributed by atoms with Crippen LogP contribution in [0.1, 0.15) is 6.42 Å². The molecule has 0 saturated carbocycles. The van der Waals surface area contributed by atoms with E-state index in [2.05, 4.69) is 15.7 Å². The number of carbonyl (C=O) groups excluding carboxylic acids is 1. The van der Waals surface area contributed by atoms with Gasteiger partial charge in [-0.25, -0.2) is 0 Å². The number of nitrogens with zero attached hydrogens (tertiary/aromatic N) is 2. The fourth-order valence-electron chi connectivity index (χ4n) is 1.82. The lowest BCUT2D eigenvalue weighted by atomic mass is 10.2. The fourth-order valence-corrected chi connectivity index (χ4v) is 1.99. The summed E-state index contributed by atoms with van der Waals surface area (Å²) < 4.78 is 6.85. The van der Waals surface area contributed by atoms with E-state index in [9.17, 15) is 4.79 Å². The lowest BCUT2D eigenvalue weighted by Crippen LogP contribution is -2.16. The molecular weight excluding hydrogens is 292 g/mol. The molecular formula is C14H17ClN4O2. The summed E-state index contributed by atoms with van der Waals surface area (Å²) in [5.74, 6) is 1.12. The minimum atomic E-state index is -0.109. The molecule has 2 N–H and O–H groups in total. The normalized spacial score (nSPS) is 10.2. The molecule has 1 heterocycles. The lowest BCUT2D eigenvalue weighted by molar-refractivity contribution is -0.116. The minimum absolute atomic E-state index is 0.109. The number of hydrogen-bond acceptors (Lipinski definition) is 4. The first-order chi connectivity index (χ1) is 10.1. The van der Waals surface area contributed by atoms with Gasteiger partial charge in [-0.3, -0.25) is 9.48 Å². The van der Waals surface area contributed by atoms with Crippen molar-refractivity contribution in [3.8, 4) is 5.75 Å². The second-order valence-corrected chi connectivity index (χ2v) is 4.88. The molecule has 0 saturated heterocycles. The molecule has 0 spiro atoms. The van der Waals surface area contributed by atoms with Gasteiger partial charge in [-0.1, -0.05) is 11.6 Å². The Hall–Kier alpha value is -2.21. The first-order valence-corrected chi connectivity index (χ1v) is 6.83. The van der Waals surface area contributed by atoms with Crippen LogP contribution in [0.4, 0.5) is 11.5 Å². The number of carbonyl (C=O) groups is 1. The van der Waals surface area contributed by atoms with E-state index in [1.54, 1.807) is 49.3 Å². The van der Waals surface area contributed by atoms with Crippen LogP contribution in [0.2, 0.25) is 5.02 Å². The summed E-state index contributed by atoms with van der Waals surface area (Å²) in [7, 11) is 3.38. The molecule has 0 atom stereocenters. The van der Waals surface area contributed by atoms with Gasteiger partial charge in [0, 0.05) is 37.3 Å². The highest BCUT2D eigenvalue weighted by molar-refractivity contribution is 6.30. The molecule has 1 aromatic heterocycles. The number of anilines is 2. The maximum absolute atomic E-state index is 11.8. The van der Waals surface area contributed by atoms with Gasteiger partial charge in [0.05, 0.1) is 12.8 Å². The van der Waals surface area contributed by atoms with E-state index in [1.165, 1.54) is 0 Å². The molecule has 2 rings (SSSR count). The van der Waals surface area contributed by atoms with Gasteiger partial charge >= 0.3 is 0 Å². The highest BCUT2D eigenvalue weighted by Crippen LogP contribution is 2.27. The molecule has 6 nitrogen and oxygen atoms in total. The standard InChI is InChI=1S/C14H17ClN4O2/c1-19-8-6-13(18-19)17-14(20)5-7-16-11-9-10(15)3-4-12(11)21-2/h3-4,6,8-9,16H,5,7H2,1-2H3,(H,17,18,20). The van der Waals surface area contributed by atoms with Crippen molar-refractivity contribution >= 4 is 29.0 Å². The van der Waals surface area contributed by atoms with E-state index >= 15 is 0 Å². The predicted molar refractivity (Wildman–Crippen MR) is 82.9 cm³/mol. The average Bonchev–Trinajstić information content (AvgIpc) is 2.84. The highest BCUT2D eigenvalue weighted by Gasteiger charge is 2.06. The number of rotatable bonds is 6. The van der Waals surface area contributed by atoms with Crippen molar-refractivity contribution in [2.45, 2.75) is 6.42 Å². The maximum atomic E-state index is 11.8. The topological polar surface area (TPSA) is 68.2 Å². The van der Waals surface area contributed by atoms with E-state index in [0.29, 0.717) is 29.6 Å². The van der Waals surface area contributed by atoms with E-state index < -0.39 is 0 Å². The molecule has 0 radical (unpaired) electrons. The van der Waals surface area contributed by atoms with Crippen molar-refractivity contribution in [3.63, 3.8) is 0 Å². The zero-order chi connectivity index (χ0) is 15.2. The van der Waals surface area contributed by atoms with Crippen molar-refractivity contribution in [2.24, 2.45) is 7.05 Å². The van der Waals surface area contributed by atoms with Gasteiger partial charge in [-0.15, -0.1) is 0 Å². The van der Waals surface area contributed by atoms with Crippen molar-refractivity contribution in [3.05, 3.63) is 35.5 Å². The molecule has 7 heteroatoms. The van der Waals surface area contributed by atoms with Crippen LogP contribution in [0.25, 0.3) is 0 Å². The number of amides is 1. The number of aromatic nitrogens is 2. The van der Waals surface area contributed by atoms with Crippen LogP contribution >= 0.6 is 11.6 Å². The smallest absolute Gasteiger partial charge is 0.227 e. The van der Waals surface area contributed by atoms with E-state index in [4.69, 9.17) is 16.3 Å². The SMILES string of the molecule is COc1ccc(Cl)cc1NCCC(=O)Nc1ccn(C)n1. The van der Waals surface area contributed by atoms with Crippen LogP contribution in [0.15, 0.2) is 30.5 Å². The Morgan fingerprint density at radius 1 is 1.43 bits per heavy atom. The number of methoxy groups -OCH3 is 1. The number of benzene rings is 1. The second kappa shape index (κ2) is 6.99. The Kier molecular flexibility index (Phi) is 5.05. The van der Waals surface area contributed by atoms with Gasteiger partial charge in [0.25, 0.3) is 0 Å². The predicted octanol–water partition coefficient (Wildman–Crippen LogP) is 2.52. The Balaban J connectivity index is 1.84. The van der Waals surface area contributed by atoms with E-state index in [-0.39, 0.29) is 5.91 Å². The third-order valence-corrected chi connectivity index (χ3v) is 3.05. The van der Waals surface area contributed by atoms with Crippen LogP contribution in [0.3, 0.4) is 0 Å². The highest BCUT2D eigenvalue weighted by atomic mass is 35.5. The van der Waals surface area contributed by atoms with Crippen molar-refractivity contribution in [2.75, 3.05) is 24.3 Å². The molecule has 0 aliphatic heterocycles. The summed E-state index contributed by atoms with van der Waals surface area (Å²) in [6.45, 7) is 0.468. The van der Waals surface area contributed by atoms with Gasteiger partial charge in [-0.2, -0.15) is 5.10 Å². The second-order valence-electron chi connectivity index (χ2n) is 4.44. The number of nitrogens with one attached hydrogen (secondary N) is 2. The zero-order valence-electron chi connectivity index (χ0n) is 11.9. The average molecular weight is 309 g/mol. The lowest BCUT2D eigenvalue weighted by Gasteiger charge is -2.11. The minimum Gasteiger partial charge on any atom is -0.495 e. The first-order valence-electron chi connectivity index (χ1n) is 6.45. The van der Waals surface area contributed by atoms with Crippen molar-refractivity contribution in [1.29, 1.82) is 0 Å². The molecule has 0 bridgehead atoms. The third kappa shape index (κ3) is 4.39. The Bertz CT molecular complexity index is 627. The molecule has 2 aromatic rings. The van der Waals surface area contributed by atoms with E-state index in [1.807, 2.05) is 0 Å². The molecule has 1 amide bonds. The molecule has 1 aromatic carbocycles. The molecule has 0 fully saturated rings. The van der Waals surface area contributed by atoms with Crippen molar-refractivity contribution < 1.29 is 9.53 Å². The summed E-state index contributed by atoms with van der Waals surface area (Å²) in [6.07, 6.45) is 2.08. The monoisotopic (exact) mass is 308 g/mol. The summed E-state index contributed by atoms with van der Waals surface area (Å²) in [5, 5.41) is 10.5. The largest absolute Gasteiger partial charge is 0.495 e. The molecule has 0 unspecified atom stereocenters. The van der Waals surface area contributed by atoms with Crippen LogP contribution < -0.4 is 15.4 Å². The number of halogens is 1. The molecule has 112 valence electrons. The van der Waals surface area contributed by atoms with Gasteiger partial charge in [0.15, 0.2) is 5.82 Å². The fraction of sp³-hybridized carbons (Fsp3) is 0.286. The summed E-state index contributed by atoms with van der Waals surface area (Å²) in [5.41, 5.74) is 0.760. The summed E-state index contributed by atoms with van der Waals surface area (Å²) >= 11 is 5.94. The van der Waals surface area contributed by atoms with Crippen LogP contribution in [0, 0.1) is 0 Å². The molecule has 0 aliphatic carbocycles. The number of aryl methyl sites for hydroxylation is 1. The van der Waals surface area contributed by atoms with Gasteiger partial charge < -0.3 is 15.4 Å².